The van der Waals surface area contributed by atoms with Crippen molar-refractivity contribution in [2.75, 3.05) is 19.8 Å². The summed E-state index contributed by atoms with van der Waals surface area (Å²) in [6.45, 7) is 1.30. The van der Waals surface area contributed by atoms with Gasteiger partial charge in [0.25, 0.3) is 11.5 Å². The molecule has 1 unspecified atom stereocenters. The average molecular weight is 353 g/mol. The van der Waals surface area contributed by atoms with E-state index in [1.807, 2.05) is 29.9 Å². The molecule has 0 bridgehead atoms. The van der Waals surface area contributed by atoms with E-state index in [9.17, 15) is 9.59 Å². The van der Waals surface area contributed by atoms with Crippen molar-refractivity contribution in [2.24, 2.45) is 7.05 Å². The second-order valence-electron chi connectivity index (χ2n) is 6.23. The van der Waals surface area contributed by atoms with E-state index < -0.39 is 5.56 Å². The number of pyridine rings is 1. The minimum Gasteiger partial charge on any atom is -0.463 e. The topological polar surface area (TPSA) is 80.5 Å². The second kappa shape index (κ2) is 6.68. The molecule has 0 spiro atoms. The predicted molar refractivity (Wildman–Crippen MR) is 94.8 cm³/mol. The highest BCUT2D eigenvalue weighted by Crippen LogP contribution is 2.26. The van der Waals surface area contributed by atoms with E-state index in [1.54, 1.807) is 29.2 Å². The molecule has 1 atom stereocenters. The van der Waals surface area contributed by atoms with Crippen molar-refractivity contribution in [1.29, 1.82) is 0 Å². The van der Waals surface area contributed by atoms with E-state index >= 15 is 0 Å². The van der Waals surface area contributed by atoms with Crippen LogP contribution in [0.5, 0.6) is 0 Å². The molecule has 0 saturated carbocycles. The van der Waals surface area contributed by atoms with Gasteiger partial charge in [-0.25, -0.2) is 0 Å². The van der Waals surface area contributed by atoms with Gasteiger partial charge in [-0.1, -0.05) is 0 Å². The van der Waals surface area contributed by atoms with E-state index in [2.05, 4.69) is 4.98 Å². The van der Waals surface area contributed by atoms with Gasteiger partial charge in [0.15, 0.2) is 0 Å². The Morgan fingerprint density at radius 1 is 1.23 bits per heavy atom. The lowest BCUT2D eigenvalue weighted by molar-refractivity contribution is -0.00472. The molecular weight excluding hydrogens is 334 g/mol. The van der Waals surface area contributed by atoms with Gasteiger partial charge in [-0.2, -0.15) is 0 Å². The summed E-state index contributed by atoms with van der Waals surface area (Å²) in [7, 11) is 1.93. The smallest absolute Gasteiger partial charge is 0.261 e. The number of aryl methyl sites for hydroxylation is 1. The molecule has 1 N–H and O–H groups in total. The highest BCUT2D eigenvalue weighted by molar-refractivity contribution is 5.94. The maximum Gasteiger partial charge on any atom is 0.261 e. The molecule has 26 heavy (non-hydrogen) atoms. The molecule has 1 aliphatic rings. The van der Waals surface area contributed by atoms with Crippen molar-refractivity contribution in [3.63, 3.8) is 0 Å². The normalized spacial score (nSPS) is 17.4. The molecule has 0 aromatic carbocycles. The Morgan fingerprint density at radius 2 is 2.12 bits per heavy atom. The fraction of sp³-hybridized carbons (Fsp3) is 0.263. The molecule has 3 aromatic heterocycles. The summed E-state index contributed by atoms with van der Waals surface area (Å²) in [4.78, 5) is 30.0. The number of furan rings is 1. The van der Waals surface area contributed by atoms with Crippen LogP contribution in [0.15, 0.2) is 58.1 Å². The SMILES string of the molecule is Cn1cccc1C1COCCN1C(=O)c1ccc(-c2ccco2)[nH]c1=O. The van der Waals surface area contributed by atoms with Crippen LogP contribution in [0.2, 0.25) is 0 Å². The van der Waals surface area contributed by atoms with E-state index in [1.165, 1.54) is 6.26 Å². The first-order chi connectivity index (χ1) is 12.6. The zero-order valence-corrected chi connectivity index (χ0v) is 14.3. The molecule has 1 fully saturated rings. The fourth-order valence-corrected chi connectivity index (χ4v) is 3.28. The van der Waals surface area contributed by atoms with Gasteiger partial charge in [0, 0.05) is 25.5 Å². The number of H-pyrrole nitrogens is 1. The molecule has 1 aliphatic heterocycles. The van der Waals surface area contributed by atoms with Crippen molar-refractivity contribution >= 4 is 5.91 Å². The Balaban J connectivity index is 1.66. The third-order valence-corrected chi connectivity index (χ3v) is 4.64. The summed E-state index contributed by atoms with van der Waals surface area (Å²) in [6.07, 6.45) is 3.46. The molecule has 3 aromatic rings. The lowest BCUT2D eigenvalue weighted by Crippen LogP contribution is -2.45. The van der Waals surface area contributed by atoms with E-state index in [-0.39, 0.29) is 17.5 Å². The lowest BCUT2D eigenvalue weighted by atomic mass is 10.1. The summed E-state index contributed by atoms with van der Waals surface area (Å²) in [5, 5.41) is 0. The van der Waals surface area contributed by atoms with E-state index in [0.717, 1.165) is 5.69 Å². The van der Waals surface area contributed by atoms with Crippen LogP contribution in [0.1, 0.15) is 22.1 Å². The van der Waals surface area contributed by atoms with E-state index in [4.69, 9.17) is 9.15 Å². The zero-order valence-electron chi connectivity index (χ0n) is 14.3. The Bertz CT molecular complexity index is 971. The molecular formula is C19H19N3O4. The Kier molecular flexibility index (Phi) is 4.22. The van der Waals surface area contributed by atoms with Crippen LogP contribution in [0, 0.1) is 0 Å². The van der Waals surface area contributed by atoms with Crippen LogP contribution >= 0.6 is 0 Å². The van der Waals surface area contributed by atoms with Gasteiger partial charge < -0.3 is 23.6 Å². The third kappa shape index (κ3) is 2.86. The van der Waals surface area contributed by atoms with Crippen molar-refractivity contribution in [3.8, 4) is 11.5 Å². The molecule has 134 valence electrons. The molecule has 4 heterocycles. The molecule has 0 radical (unpaired) electrons. The van der Waals surface area contributed by atoms with Gasteiger partial charge in [0.1, 0.15) is 11.3 Å². The van der Waals surface area contributed by atoms with Crippen molar-refractivity contribution in [3.05, 3.63) is 70.5 Å². The number of carbonyl (C=O) groups is 1. The largest absolute Gasteiger partial charge is 0.463 e. The summed E-state index contributed by atoms with van der Waals surface area (Å²) in [5.41, 5.74) is 1.20. The standard InChI is InChI=1S/C19H19N3O4/c1-21-8-2-4-15(21)16-12-25-11-9-22(16)19(24)13-6-7-14(20-18(13)23)17-5-3-10-26-17/h2-8,10,16H,9,11-12H2,1H3,(H,20,23). The fourth-order valence-electron chi connectivity index (χ4n) is 3.28. The number of ether oxygens (including phenoxy) is 1. The van der Waals surface area contributed by atoms with Gasteiger partial charge in [-0.05, 0) is 36.4 Å². The summed E-state index contributed by atoms with van der Waals surface area (Å²) < 4.78 is 12.8. The van der Waals surface area contributed by atoms with Crippen LogP contribution in [0.4, 0.5) is 0 Å². The van der Waals surface area contributed by atoms with Gasteiger partial charge in [0.2, 0.25) is 0 Å². The Labute approximate surface area is 149 Å². The maximum absolute atomic E-state index is 13.1. The van der Waals surface area contributed by atoms with Gasteiger partial charge in [-0.3, -0.25) is 9.59 Å². The lowest BCUT2D eigenvalue weighted by Gasteiger charge is -2.35. The number of morpholine rings is 1. The molecule has 7 heteroatoms. The first-order valence-electron chi connectivity index (χ1n) is 8.42. The number of amides is 1. The molecule has 7 nitrogen and oxygen atoms in total. The van der Waals surface area contributed by atoms with Crippen molar-refractivity contribution < 1.29 is 13.9 Å². The Hall–Kier alpha value is -3.06. The quantitative estimate of drug-likeness (QED) is 0.783. The molecule has 1 amide bonds. The van der Waals surface area contributed by atoms with Gasteiger partial charge >= 0.3 is 0 Å². The number of nitrogens with one attached hydrogen (secondary N) is 1. The first kappa shape index (κ1) is 16.4. The third-order valence-electron chi connectivity index (χ3n) is 4.64. The number of rotatable bonds is 3. The van der Waals surface area contributed by atoms with Gasteiger partial charge in [0.05, 0.1) is 31.2 Å². The number of hydrogen-bond donors (Lipinski definition) is 1. The number of carbonyl (C=O) groups excluding carboxylic acids is 1. The monoisotopic (exact) mass is 353 g/mol. The molecule has 0 aliphatic carbocycles. The molecule has 1 saturated heterocycles. The minimum atomic E-state index is -0.430. The predicted octanol–water partition coefficient (Wildman–Crippen LogP) is 2.19. The highest BCUT2D eigenvalue weighted by Gasteiger charge is 2.31. The highest BCUT2D eigenvalue weighted by atomic mass is 16.5. The van der Waals surface area contributed by atoms with Crippen LogP contribution in [0.3, 0.4) is 0 Å². The first-order valence-corrected chi connectivity index (χ1v) is 8.42. The van der Waals surface area contributed by atoms with Gasteiger partial charge in [-0.15, -0.1) is 0 Å². The number of aromatic nitrogens is 2. The number of nitrogens with zero attached hydrogens (tertiary/aromatic N) is 2. The summed E-state index contributed by atoms with van der Waals surface area (Å²) >= 11 is 0. The summed E-state index contributed by atoms with van der Waals surface area (Å²) in [5.74, 6) is 0.251. The van der Waals surface area contributed by atoms with Crippen molar-refractivity contribution in [2.45, 2.75) is 6.04 Å². The minimum absolute atomic E-state index is 0.112. The van der Waals surface area contributed by atoms with Crippen LogP contribution in [-0.4, -0.2) is 40.1 Å². The molecule has 4 rings (SSSR count). The maximum atomic E-state index is 13.1. The van der Waals surface area contributed by atoms with Crippen LogP contribution in [-0.2, 0) is 11.8 Å². The summed E-state index contributed by atoms with van der Waals surface area (Å²) in [6, 6.07) is 10.4. The van der Waals surface area contributed by atoms with E-state index in [0.29, 0.717) is 31.2 Å². The second-order valence-corrected chi connectivity index (χ2v) is 6.23. The number of aromatic amines is 1. The Morgan fingerprint density at radius 3 is 2.81 bits per heavy atom. The average Bonchev–Trinajstić information content (AvgIpc) is 3.33. The number of hydrogen-bond acceptors (Lipinski definition) is 4. The van der Waals surface area contributed by atoms with Crippen molar-refractivity contribution in [1.82, 2.24) is 14.5 Å². The zero-order chi connectivity index (χ0) is 18.1. The van der Waals surface area contributed by atoms with Crippen LogP contribution in [0.25, 0.3) is 11.5 Å². The van der Waals surface area contributed by atoms with Crippen LogP contribution < -0.4 is 5.56 Å².